The van der Waals surface area contributed by atoms with E-state index in [1.165, 1.54) is 6.33 Å². The highest BCUT2D eigenvalue weighted by molar-refractivity contribution is 6.04. The second-order valence-corrected chi connectivity index (χ2v) is 12.6. The van der Waals surface area contributed by atoms with E-state index in [-0.39, 0.29) is 17.6 Å². The Kier molecular flexibility index (Phi) is 7.00. The van der Waals surface area contributed by atoms with Crippen molar-refractivity contribution in [3.63, 3.8) is 0 Å². The summed E-state index contributed by atoms with van der Waals surface area (Å²) in [6.45, 7) is 8.78. The summed E-state index contributed by atoms with van der Waals surface area (Å²) < 4.78 is 13.6. The molecule has 0 saturated heterocycles. The van der Waals surface area contributed by atoms with E-state index in [0.29, 0.717) is 49.0 Å². The van der Waals surface area contributed by atoms with Gasteiger partial charge in [-0.1, -0.05) is 11.6 Å². The van der Waals surface area contributed by atoms with Crippen LogP contribution in [0.25, 0.3) is 11.1 Å². The summed E-state index contributed by atoms with van der Waals surface area (Å²) in [5.74, 6) is 0.771. The third-order valence-corrected chi connectivity index (χ3v) is 9.58. The lowest BCUT2D eigenvalue weighted by atomic mass is 9.81. The van der Waals surface area contributed by atoms with Crippen molar-refractivity contribution in [2.24, 2.45) is 5.92 Å². The number of benzene rings is 1. The summed E-state index contributed by atoms with van der Waals surface area (Å²) in [4.78, 5) is 39.8. The fraction of sp³-hybridized carbons (Fsp3) is 0.515. The summed E-state index contributed by atoms with van der Waals surface area (Å²) >= 11 is 0. The third kappa shape index (κ3) is 4.76. The van der Waals surface area contributed by atoms with Crippen LogP contribution in [0.4, 0.5) is 0 Å². The van der Waals surface area contributed by atoms with E-state index in [9.17, 15) is 9.59 Å². The minimum Gasteiger partial charge on any atom is -0.448 e. The maximum atomic E-state index is 14.2. The van der Waals surface area contributed by atoms with Crippen LogP contribution in [0.5, 0.6) is 11.5 Å². The van der Waals surface area contributed by atoms with Crippen LogP contribution in [0.15, 0.2) is 41.5 Å². The molecule has 0 radical (unpaired) electrons. The van der Waals surface area contributed by atoms with Crippen molar-refractivity contribution in [1.29, 1.82) is 0 Å². The normalized spacial score (nSPS) is 26.0. The van der Waals surface area contributed by atoms with E-state index in [0.717, 1.165) is 64.7 Å². The predicted octanol–water partition coefficient (Wildman–Crippen LogP) is 5.29. The van der Waals surface area contributed by atoms with Gasteiger partial charge in [-0.05, 0) is 78.1 Å². The highest BCUT2D eigenvalue weighted by atomic mass is 16.7. The van der Waals surface area contributed by atoms with Gasteiger partial charge < -0.3 is 19.3 Å². The molecule has 216 valence electrons. The van der Waals surface area contributed by atoms with Gasteiger partial charge in [-0.25, -0.2) is 9.97 Å². The van der Waals surface area contributed by atoms with Crippen LogP contribution in [0.3, 0.4) is 0 Å². The molecule has 1 aromatic heterocycles. The number of fused-ring (bicyclic) bond motifs is 2. The number of hydrogen-bond acceptors (Lipinski definition) is 7. The van der Waals surface area contributed by atoms with E-state index in [2.05, 4.69) is 35.0 Å². The molecule has 1 fully saturated rings. The average molecular weight is 557 g/mol. The molecule has 8 nitrogen and oxygen atoms in total. The lowest BCUT2D eigenvalue weighted by Crippen LogP contribution is -2.46. The number of carbonyl (C=O) groups excluding carboxylic acids is 2. The van der Waals surface area contributed by atoms with E-state index in [1.807, 2.05) is 32.6 Å². The molecule has 1 saturated carbocycles. The average Bonchev–Trinajstić information content (AvgIpc) is 3.31. The monoisotopic (exact) mass is 556 g/mol. The largest absolute Gasteiger partial charge is 0.448 e. The summed E-state index contributed by atoms with van der Waals surface area (Å²) in [6, 6.07) is 0.572. The Hall–Kier alpha value is -3.52. The topological polar surface area (TPSA) is 84.9 Å². The molecular weight excluding hydrogens is 516 g/mol. The molecule has 0 spiro atoms. The van der Waals surface area contributed by atoms with Crippen LogP contribution in [-0.4, -0.2) is 70.5 Å². The van der Waals surface area contributed by atoms with Crippen LogP contribution in [0.2, 0.25) is 0 Å². The quantitative estimate of drug-likeness (QED) is 0.495. The first-order chi connectivity index (χ1) is 19.6. The summed E-state index contributed by atoms with van der Waals surface area (Å²) in [5.41, 5.74) is 6.78. The van der Waals surface area contributed by atoms with Crippen LogP contribution in [0.1, 0.15) is 74.4 Å². The van der Waals surface area contributed by atoms with E-state index < -0.39 is 5.79 Å². The first-order valence-corrected chi connectivity index (χ1v) is 14.8. The molecule has 41 heavy (non-hydrogen) atoms. The number of nitrogens with zero attached hydrogens (tertiary/aromatic N) is 4. The number of Topliss-reactive ketones (excluding diaryl/α,β-unsaturated/α-hetero) is 1. The van der Waals surface area contributed by atoms with E-state index in [4.69, 9.17) is 9.47 Å². The molecule has 1 aromatic carbocycles. The molecule has 2 aliphatic heterocycles. The van der Waals surface area contributed by atoms with Crippen molar-refractivity contribution < 1.29 is 19.1 Å². The fourth-order valence-corrected chi connectivity index (χ4v) is 7.24. The van der Waals surface area contributed by atoms with Gasteiger partial charge in [0.25, 0.3) is 11.7 Å². The Balaban J connectivity index is 1.39. The van der Waals surface area contributed by atoms with Gasteiger partial charge in [-0.15, -0.1) is 0 Å². The predicted molar refractivity (Wildman–Crippen MR) is 157 cm³/mol. The molecule has 0 N–H and O–H groups in total. The number of hydrogen-bond donors (Lipinski definition) is 0. The minimum absolute atomic E-state index is 0.0762. The summed E-state index contributed by atoms with van der Waals surface area (Å²) in [7, 11) is 4.29. The fourth-order valence-electron chi connectivity index (χ4n) is 7.24. The highest BCUT2D eigenvalue weighted by Gasteiger charge is 2.49. The molecule has 4 aliphatic rings. The maximum Gasteiger partial charge on any atom is 0.254 e. The Morgan fingerprint density at radius 1 is 1.00 bits per heavy atom. The van der Waals surface area contributed by atoms with Gasteiger partial charge in [0.2, 0.25) is 0 Å². The van der Waals surface area contributed by atoms with Crippen molar-refractivity contribution in [1.82, 2.24) is 19.8 Å². The molecular formula is C33H40N4O4. The number of aromatic nitrogens is 2. The smallest absolute Gasteiger partial charge is 0.254 e. The van der Waals surface area contributed by atoms with Crippen molar-refractivity contribution in [3.05, 3.63) is 58.2 Å². The molecule has 1 amide bonds. The molecule has 0 unspecified atom stereocenters. The van der Waals surface area contributed by atoms with Gasteiger partial charge in [0.15, 0.2) is 17.3 Å². The Morgan fingerprint density at radius 2 is 1.68 bits per heavy atom. The molecule has 8 heteroatoms. The van der Waals surface area contributed by atoms with Gasteiger partial charge in [0.1, 0.15) is 6.33 Å². The van der Waals surface area contributed by atoms with E-state index >= 15 is 0 Å². The number of rotatable bonds is 5. The SMILES string of the molecule is CC1=CC(C)=C(CN2CCc3c(c(C)c4c(c3-c3cncnc3)O[C@](C)(C3CCC(N(C)C)CC3)O4)C2=O)C(=O)C1. The van der Waals surface area contributed by atoms with Crippen LogP contribution >= 0.6 is 0 Å². The zero-order chi connectivity index (χ0) is 29.1. The molecule has 1 atom stereocenters. The molecule has 6 rings (SSSR count). The van der Waals surface area contributed by atoms with Crippen molar-refractivity contribution in [2.45, 2.75) is 78.0 Å². The zero-order valence-corrected chi connectivity index (χ0v) is 25.0. The van der Waals surface area contributed by atoms with Gasteiger partial charge in [-0.3, -0.25) is 9.59 Å². The summed E-state index contributed by atoms with van der Waals surface area (Å²) in [5, 5.41) is 0. The summed E-state index contributed by atoms with van der Waals surface area (Å²) in [6.07, 6.45) is 12.4. The lowest BCUT2D eigenvalue weighted by Gasteiger charge is -2.39. The van der Waals surface area contributed by atoms with Crippen molar-refractivity contribution in [3.8, 4) is 22.6 Å². The second kappa shape index (κ2) is 10.4. The van der Waals surface area contributed by atoms with E-state index in [1.54, 1.807) is 12.4 Å². The van der Waals surface area contributed by atoms with Gasteiger partial charge in [-0.2, -0.15) is 0 Å². The van der Waals surface area contributed by atoms with Crippen molar-refractivity contribution in [2.75, 3.05) is 27.2 Å². The Bertz CT molecular complexity index is 1470. The van der Waals surface area contributed by atoms with Crippen LogP contribution < -0.4 is 9.47 Å². The maximum absolute atomic E-state index is 14.2. The minimum atomic E-state index is -0.817. The highest BCUT2D eigenvalue weighted by Crippen LogP contribution is 2.55. The number of amides is 1. The van der Waals surface area contributed by atoms with Crippen molar-refractivity contribution >= 4 is 11.7 Å². The van der Waals surface area contributed by atoms with Gasteiger partial charge in [0, 0.05) is 73.1 Å². The molecule has 0 bridgehead atoms. The molecule has 2 aromatic rings. The van der Waals surface area contributed by atoms with Gasteiger partial charge >= 0.3 is 0 Å². The number of carbonyl (C=O) groups is 2. The Labute approximate surface area is 242 Å². The molecule has 2 aliphatic carbocycles. The third-order valence-electron chi connectivity index (χ3n) is 9.58. The zero-order valence-electron chi connectivity index (χ0n) is 25.0. The standard InChI is InChI=1S/C33H40N4O4/c1-19-13-20(2)26(27(38)14-19)17-37-12-11-25-28(32(37)39)21(3)30-31(29(25)22-15-34-18-35-16-22)41-33(4,40-30)23-7-9-24(10-8-23)36(5)6/h13,15-16,18,23-24H,7-12,14,17H2,1-6H3/t23?,24?,33-/m1/s1. The van der Waals surface area contributed by atoms with Crippen LogP contribution in [0, 0.1) is 12.8 Å². The lowest BCUT2D eigenvalue weighted by molar-refractivity contribution is -0.123. The number of ketones is 1. The Morgan fingerprint density at radius 3 is 2.34 bits per heavy atom. The number of ether oxygens (including phenoxy) is 2. The number of allylic oxidation sites excluding steroid dienone is 3. The first kappa shape index (κ1) is 27.6. The molecule has 3 heterocycles. The second-order valence-electron chi connectivity index (χ2n) is 12.6. The first-order valence-electron chi connectivity index (χ1n) is 14.8. The van der Waals surface area contributed by atoms with Crippen LogP contribution in [-0.2, 0) is 11.2 Å². The van der Waals surface area contributed by atoms with Gasteiger partial charge in [0.05, 0.1) is 5.56 Å².